The van der Waals surface area contributed by atoms with Crippen molar-refractivity contribution < 1.29 is 0 Å². The lowest BCUT2D eigenvalue weighted by atomic mass is 9.77. The molecule has 0 radical (unpaired) electrons. The minimum atomic E-state index is 0.155. The Kier molecular flexibility index (Phi) is 1.21. The van der Waals surface area contributed by atoms with Crippen LogP contribution in [0.2, 0.25) is 0 Å². The summed E-state index contributed by atoms with van der Waals surface area (Å²) in [4.78, 5) is 0. The summed E-state index contributed by atoms with van der Waals surface area (Å²) in [7, 11) is 0. The van der Waals surface area contributed by atoms with Crippen molar-refractivity contribution in [3.05, 3.63) is 28.8 Å². The zero-order valence-corrected chi connectivity index (χ0v) is 7.30. The molecule has 1 aliphatic heterocycles. The van der Waals surface area contributed by atoms with E-state index < -0.39 is 0 Å². The van der Waals surface area contributed by atoms with Gasteiger partial charge < -0.3 is 5.32 Å². The lowest BCUT2D eigenvalue weighted by Gasteiger charge is -2.25. The molecule has 1 aromatic rings. The van der Waals surface area contributed by atoms with Gasteiger partial charge in [0, 0.05) is 12.2 Å². The average Bonchev–Trinajstić information content (AvgIpc) is 2.55. The second-order valence-corrected chi connectivity index (χ2v) is 3.77. The molecule has 0 bridgehead atoms. The number of rotatable bonds is 0. The largest absolute Gasteiger partial charge is 0.384 e. The van der Waals surface area contributed by atoms with Gasteiger partial charge in [-0.1, -0.05) is 6.07 Å². The third-order valence-corrected chi connectivity index (χ3v) is 3.03. The quantitative estimate of drug-likeness (QED) is 0.644. The molecular weight excluding hydrogens is 160 g/mol. The van der Waals surface area contributed by atoms with Crippen LogP contribution in [0.25, 0.3) is 0 Å². The molecule has 1 aliphatic carbocycles. The molecule has 1 aromatic carbocycles. The fourth-order valence-corrected chi connectivity index (χ4v) is 2.23. The zero-order valence-electron chi connectivity index (χ0n) is 7.30. The summed E-state index contributed by atoms with van der Waals surface area (Å²) >= 11 is 0. The van der Waals surface area contributed by atoms with Crippen molar-refractivity contribution in [2.45, 2.75) is 18.8 Å². The number of nitrogens with zero attached hydrogens (tertiary/aromatic N) is 1. The average molecular weight is 170 g/mol. The Labute approximate surface area is 77.2 Å². The van der Waals surface area contributed by atoms with E-state index in [0.717, 1.165) is 19.4 Å². The molecule has 2 nitrogen and oxygen atoms in total. The highest BCUT2D eigenvalue weighted by Gasteiger charge is 2.28. The molecule has 2 heteroatoms. The fourth-order valence-electron chi connectivity index (χ4n) is 2.23. The van der Waals surface area contributed by atoms with Crippen LogP contribution in [0.5, 0.6) is 0 Å². The first-order valence-electron chi connectivity index (χ1n) is 4.67. The number of anilines is 1. The number of nitriles is 1. The molecule has 0 fully saturated rings. The summed E-state index contributed by atoms with van der Waals surface area (Å²) in [6.45, 7) is 1.05. The zero-order chi connectivity index (χ0) is 8.84. The van der Waals surface area contributed by atoms with Gasteiger partial charge in [0.1, 0.15) is 0 Å². The summed E-state index contributed by atoms with van der Waals surface area (Å²) in [5.41, 5.74) is 5.30. The van der Waals surface area contributed by atoms with Crippen LogP contribution >= 0.6 is 0 Å². The highest BCUT2D eigenvalue weighted by molar-refractivity contribution is 5.63. The molecule has 3 rings (SSSR count). The van der Waals surface area contributed by atoms with Gasteiger partial charge in [-0.25, -0.2) is 0 Å². The van der Waals surface area contributed by atoms with E-state index in [4.69, 9.17) is 5.26 Å². The summed E-state index contributed by atoms with van der Waals surface area (Å²) in [6, 6.07) is 6.75. The molecule has 64 valence electrons. The summed E-state index contributed by atoms with van der Waals surface area (Å²) in [5.74, 6) is 0.155. The van der Waals surface area contributed by atoms with Crippen molar-refractivity contribution in [3.63, 3.8) is 0 Å². The normalized spacial score (nSPS) is 22.2. The highest BCUT2D eigenvalue weighted by atomic mass is 14.9. The van der Waals surface area contributed by atoms with Gasteiger partial charge >= 0.3 is 0 Å². The third kappa shape index (κ3) is 0.818. The summed E-state index contributed by atoms with van der Waals surface area (Å²) in [6.07, 6.45) is 2.10. The molecular formula is C11H10N2. The van der Waals surface area contributed by atoms with E-state index in [1.807, 2.05) is 0 Å². The smallest absolute Gasteiger partial charge is 0.0756 e. The molecule has 0 saturated carbocycles. The Balaban J connectivity index is 2.12. The highest BCUT2D eigenvalue weighted by Crippen LogP contribution is 2.39. The van der Waals surface area contributed by atoms with Gasteiger partial charge in [0.2, 0.25) is 0 Å². The van der Waals surface area contributed by atoms with Crippen LogP contribution in [0.4, 0.5) is 5.69 Å². The number of nitrogens with one attached hydrogen (secondary N) is 1. The van der Waals surface area contributed by atoms with Crippen LogP contribution in [-0.2, 0) is 12.8 Å². The van der Waals surface area contributed by atoms with Crippen LogP contribution in [-0.4, -0.2) is 6.54 Å². The maximum absolute atomic E-state index is 8.81. The van der Waals surface area contributed by atoms with E-state index in [9.17, 15) is 0 Å². The maximum Gasteiger partial charge on any atom is 0.0756 e. The van der Waals surface area contributed by atoms with Gasteiger partial charge in [-0.3, -0.25) is 0 Å². The standard InChI is InChI=1S/C11H10N2/c12-6-9-4-8-3-7-1-2-13-11(7)5-10(8)9/h3,5,9,13H,1-2,4H2. The number of hydrogen-bond donors (Lipinski definition) is 1. The van der Waals surface area contributed by atoms with Crippen LogP contribution in [0.1, 0.15) is 22.6 Å². The first-order valence-corrected chi connectivity index (χ1v) is 4.67. The lowest BCUT2D eigenvalue weighted by Crippen LogP contribution is -2.15. The lowest BCUT2D eigenvalue weighted by molar-refractivity contribution is 0.744. The van der Waals surface area contributed by atoms with E-state index in [1.165, 1.54) is 22.4 Å². The first-order chi connectivity index (χ1) is 6.38. The van der Waals surface area contributed by atoms with Crippen LogP contribution < -0.4 is 5.32 Å². The van der Waals surface area contributed by atoms with Gasteiger partial charge in [-0.2, -0.15) is 5.26 Å². The SMILES string of the molecule is N#CC1Cc2cc3c(cc21)NCC3. The van der Waals surface area contributed by atoms with Crippen molar-refractivity contribution in [2.75, 3.05) is 11.9 Å². The molecule has 0 saturated heterocycles. The minimum Gasteiger partial charge on any atom is -0.384 e. The van der Waals surface area contributed by atoms with Crippen molar-refractivity contribution in [1.29, 1.82) is 5.26 Å². The van der Waals surface area contributed by atoms with Crippen LogP contribution in [0, 0.1) is 11.3 Å². The van der Waals surface area contributed by atoms with Gasteiger partial charge in [0.05, 0.1) is 12.0 Å². The second kappa shape index (κ2) is 2.26. The third-order valence-electron chi connectivity index (χ3n) is 3.03. The summed E-state index contributed by atoms with van der Waals surface area (Å²) < 4.78 is 0. The monoisotopic (exact) mass is 170 g/mol. The number of benzene rings is 1. The van der Waals surface area contributed by atoms with E-state index >= 15 is 0 Å². The number of hydrogen-bond acceptors (Lipinski definition) is 2. The molecule has 2 aliphatic rings. The van der Waals surface area contributed by atoms with Crippen molar-refractivity contribution >= 4 is 5.69 Å². The minimum absolute atomic E-state index is 0.155. The van der Waals surface area contributed by atoms with Crippen molar-refractivity contribution in [2.24, 2.45) is 0 Å². The van der Waals surface area contributed by atoms with Crippen molar-refractivity contribution in [3.8, 4) is 6.07 Å². The fraction of sp³-hybridized carbons (Fsp3) is 0.364. The Bertz CT molecular complexity index is 415. The van der Waals surface area contributed by atoms with Gasteiger partial charge in [-0.05, 0) is 35.6 Å². The second-order valence-electron chi connectivity index (χ2n) is 3.77. The molecule has 1 heterocycles. The molecule has 1 atom stereocenters. The number of fused-ring (bicyclic) bond motifs is 2. The summed E-state index contributed by atoms with van der Waals surface area (Å²) in [5, 5.41) is 12.1. The van der Waals surface area contributed by atoms with E-state index in [2.05, 4.69) is 23.5 Å². The van der Waals surface area contributed by atoms with Crippen molar-refractivity contribution in [1.82, 2.24) is 0 Å². The first kappa shape index (κ1) is 6.97. The molecule has 13 heavy (non-hydrogen) atoms. The Morgan fingerprint density at radius 3 is 3.15 bits per heavy atom. The predicted octanol–water partition coefficient (Wildman–Crippen LogP) is 1.82. The molecule has 0 spiro atoms. The topological polar surface area (TPSA) is 35.8 Å². The van der Waals surface area contributed by atoms with Crippen LogP contribution in [0.15, 0.2) is 12.1 Å². The van der Waals surface area contributed by atoms with Gasteiger partial charge in [0.15, 0.2) is 0 Å². The molecule has 0 amide bonds. The van der Waals surface area contributed by atoms with E-state index in [-0.39, 0.29) is 5.92 Å². The van der Waals surface area contributed by atoms with Gasteiger partial charge in [0.25, 0.3) is 0 Å². The Morgan fingerprint density at radius 2 is 2.31 bits per heavy atom. The Morgan fingerprint density at radius 1 is 1.38 bits per heavy atom. The van der Waals surface area contributed by atoms with E-state index in [0.29, 0.717) is 0 Å². The Hall–Kier alpha value is -1.49. The van der Waals surface area contributed by atoms with E-state index in [1.54, 1.807) is 0 Å². The predicted molar refractivity (Wildman–Crippen MR) is 50.7 cm³/mol. The molecule has 1 N–H and O–H groups in total. The maximum atomic E-state index is 8.81. The molecule has 0 aromatic heterocycles. The van der Waals surface area contributed by atoms with Gasteiger partial charge in [-0.15, -0.1) is 0 Å². The van der Waals surface area contributed by atoms with Crippen LogP contribution in [0.3, 0.4) is 0 Å². The molecule has 1 unspecified atom stereocenters.